The van der Waals surface area contributed by atoms with Gasteiger partial charge in [-0.25, -0.2) is 4.98 Å². The first-order valence-corrected chi connectivity index (χ1v) is 5.35. The fourth-order valence-corrected chi connectivity index (χ4v) is 1.82. The van der Waals surface area contributed by atoms with Gasteiger partial charge in [-0.05, 0) is 19.1 Å². The molecule has 0 fully saturated rings. The van der Waals surface area contributed by atoms with Gasteiger partial charge in [0.25, 0.3) is 0 Å². The highest BCUT2D eigenvalue weighted by Gasteiger charge is 2.01. The zero-order chi connectivity index (χ0) is 10.7. The van der Waals surface area contributed by atoms with Gasteiger partial charge in [-0.2, -0.15) is 0 Å². The molecule has 6 heteroatoms. The van der Waals surface area contributed by atoms with Gasteiger partial charge in [-0.3, -0.25) is 0 Å². The minimum absolute atomic E-state index is 0.425. The number of anilines is 2. The van der Waals surface area contributed by atoms with E-state index in [2.05, 4.69) is 20.5 Å². The van der Waals surface area contributed by atoms with Crippen LogP contribution in [-0.4, -0.2) is 15.2 Å². The van der Waals surface area contributed by atoms with Crippen molar-refractivity contribution in [2.75, 3.05) is 11.1 Å². The molecule has 0 saturated heterocycles. The molecule has 0 aliphatic carbocycles. The SMILES string of the molecule is Cc1ncsc1CNc1ccc(N)nn1. The minimum atomic E-state index is 0.425. The van der Waals surface area contributed by atoms with Crippen molar-refractivity contribution in [2.45, 2.75) is 13.5 Å². The van der Waals surface area contributed by atoms with Gasteiger partial charge in [0.2, 0.25) is 0 Å². The molecule has 3 N–H and O–H groups in total. The first kappa shape index (κ1) is 9.85. The summed E-state index contributed by atoms with van der Waals surface area (Å²) in [5, 5.41) is 10.8. The Morgan fingerprint density at radius 2 is 2.27 bits per heavy atom. The lowest BCUT2D eigenvalue weighted by Crippen LogP contribution is -2.03. The zero-order valence-corrected chi connectivity index (χ0v) is 9.08. The fourth-order valence-electron chi connectivity index (χ4n) is 1.10. The second-order valence-corrected chi connectivity index (χ2v) is 4.00. The smallest absolute Gasteiger partial charge is 0.149 e. The molecule has 78 valence electrons. The van der Waals surface area contributed by atoms with E-state index in [1.807, 2.05) is 12.4 Å². The van der Waals surface area contributed by atoms with E-state index in [0.717, 1.165) is 18.1 Å². The highest BCUT2D eigenvalue weighted by atomic mass is 32.1. The topological polar surface area (TPSA) is 76.7 Å². The van der Waals surface area contributed by atoms with Gasteiger partial charge < -0.3 is 11.1 Å². The quantitative estimate of drug-likeness (QED) is 0.820. The third-order valence-electron chi connectivity index (χ3n) is 1.96. The Bertz CT molecular complexity index is 436. The van der Waals surface area contributed by atoms with E-state index >= 15 is 0 Å². The monoisotopic (exact) mass is 221 g/mol. The van der Waals surface area contributed by atoms with Crippen LogP contribution in [-0.2, 0) is 6.54 Å². The fraction of sp³-hybridized carbons (Fsp3) is 0.222. The molecular weight excluding hydrogens is 210 g/mol. The number of aromatic nitrogens is 3. The van der Waals surface area contributed by atoms with Gasteiger partial charge in [0.15, 0.2) is 0 Å². The normalized spacial score (nSPS) is 10.2. The van der Waals surface area contributed by atoms with Crippen LogP contribution in [0.1, 0.15) is 10.6 Å². The number of thiazole rings is 1. The number of nitrogens with two attached hydrogens (primary N) is 1. The molecule has 0 spiro atoms. The summed E-state index contributed by atoms with van der Waals surface area (Å²) in [6, 6.07) is 3.52. The summed E-state index contributed by atoms with van der Waals surface area (Å²) in [6.07, 6.45) is 0. The van der Waals surface area contributed by atoms with Crippen molar-refractivity contribution in [3.63, 3.8) is 0 Å². The molecule has 2 aromatic rings. The van der Waals surface area contributed by atoms with Crippen LogP contribution in [0, 0.1) is 6.92 Å². The number of aryl methyl sites for hydroxylation is 1. The third-order valence-corrected chi connectivity index (χ3v) is 2.90. The number of nitrogens with one attached hydrogen (secondary N) is 1. The summed E-state index contributed by atoms with van der Waals surface area (Å²) in [4.78, 5) is 5.37. The number of nitrogens with zero attached hydrogens (tertiary/aromatic N) is 3. The van der Waals surface area contributed by atoms with Gasteiger partial charge in [0.1, 0.15) is 11.6 Å². The van der Waals surface area contributed by atoms with Crippen molar-refractivity contribution < 1.29 is 0 Å². The molecular formula is C9H11N5S. The van der Waals surface area contributed by atoms with Crippen LogP contribution >= 0.6 is 11.3 Å². The van der Waals surface area contributed by atoms with E-state index in [0.29, 0.717) is 5.82 Å². The average Bonchev–Trinajstić information content (AvgIpc) is 2.63. The minimum Gasteiger partial charge on any atom is -0.382 e. The van der Waals surface area contributed by atoms with Crippen molar-refractivity contribution in [3.05, 3.63) is 28.2 Å². The van der Waals surface area contributed by atoms with Crippen molar-refractivity contribution in [3.8, 4) is 0 Å². The van der Waals surface area contributed by atoms with E-state index in [1.165, 1.54) is 4.88 Å². The Morgan fingerprint density at radius 1 is 1.40 bits per heavy atom. The zero-order valence-electron chi connectivity index (χ0n) is 8.27. The van der Waals surface area contributed by atoms with Crippen LogP contribution in [0.5, 0.6) is 0 Å². The molecule has 0 bridgehead atoms. The second-order valence-electron chi connectivity index (χ2n) is 3.06. The molecule has 0 radical (unpaired) electrons. The first-order chi connectivity index (χ1) is 7.25. The summed E-state index contributed by atoms with van der Waals surface area (Å²) in [7, 11) is 0. The Hall–Kier alpha value is -1.69. The second kappa shape index (κ2) is 4.22. The van der Waals surface area contributed by atoms with Gasteiger partial charge in [-0.15, -0.1) is 21.5 Å². The predicted molar refractivity (Wildman–Crippen MR) is 60.6 cm³/mol. The highest BCUT2D eigenvalue weighted by Crippen LogP contribution is 2.13. The van der Waals surface area contributed by atoms with Gasteiger partial charge in [0.05, 0.1) is 17.7 Å². The van der Waals surface area contributed by atoms with Crippen LogP contribution in [0.3, 0.4) is 0 Å². The average molecular weight is 221 g/mol. The van der Waals surface area contributed by atoms with Crippen LogP contribution in [0.4, 0.5) is 11.6 Å². The van der Waals surface area contributed by atoms with E-state index < -0.39 is 0 Å². The lowest BCUT2D eigenvalue weighted by molar-refractivity contribution is 1.01. The molecule has 0 aliphatic heterocycles. The molecule has 2 aromatic heterocycles. The molecule has 0 saturated carbocycles. The van der Waals surface area contributed by atoms with Crippen molar-refractivity contribution in [1.82, 2.24) is 15.2 Å². The van der Waals surface area contributed by atoms with E-state index in [-0.39, 0.29) is 0 Å². The lowest BCUT2D eigenvalue weighted by atomic mass is 10.4. The van der Waals surface area contributed by atoms with Gasteiger partial charge in [0, 0.05) is 4.88 Å². The summed E-state index contributed by atoms with van der Waals surface area (Å²) >= 11 is 1.63. The van der Waals surface area contributed by atoms with Crippen LogP contribution in [0.15, 0.2) is 17.6 Å². The van der Waals surface area contributed by atoms with Gasteiger partial charge >= 0.3 is 0 Å². The Labute approximate surface area is 91.4 Å². The van der Waals surface area contributed by atoms with Gasteiger partial charge in [-0.1, -0.05) is 0 Å². The lowest BCUT2D eigenvalue weighted by Gasteiger charge is -2.03. The maximum absolute atomic E-state index is 5.43. The number of rotatable bonds is 3. The number of nitrogen functional groups attached to an aromatic ring is 1. The van der Waals surface area contributed by atoms with Crippen LogP contribution in [0.2, 0.25) is 0 Å². The van der Waals surface area contributed by atoms with E-state index in [1.54, 1.807) is 23.5 Å². The van der Waals surface area contributed by atoms with E-state index in [4.69, 9.17) is 5.73 Å². The predicted octanol–water partition coefficient (Wildman–Crippen LogP) is 1.44. The van der Waals surface area contributed by atoms with Crippen molar-refractivity contribution in [1.29, 1.82) is 0 Å². The Balaban J connectivity index is 1.99. The highest BCUT2D eigenvalue weighted by molar-refractivity contribution is 7.09. The summed E-state index contributed by atoms with van der Waals surface area (Å²) in [6.45, 7) is 2.71. The third kappa shape index (κ3) is 2.41. The summed E-state index contributed by atoms with van der Waals surface area (Å²) < 4.78 is 0. The number of hydrogen-bond donors (Lipinski definition) is 2. The largest absolute Gasteiger partial charge is 0.382 e. The Morgan fingerprint density at radius 3 is 2.87 bits per heavy atom. The maximum atomic E-state index is 5.43. The molecule has 0 aliphatic rings. The Kier molecular flexibility index (Phi) is 2.77. The molecule has 0 amide bonds. The molecule has 0 aromatic carbocycles. The molecule has 2 heterocycles. The van der Waals surface area contributed by atoms with E-state index in [9.17, 15) is 0 Å². The molecule has 15 heavy (non-hydrogen) atoms. The molecule has 5 nitrogen and oxygen atoms in total. The van der Waals surface area contributed by atoms with Crippen LogP contribution in [0.25, 0.3) is 0 Å². The summed E-state index contributed by atoms with van der Waals surface area (Å²) in [5.74, 6) is 1.14. The van der Waals surface area contributed by atoms with Crippen molar-refractivity contribution in [2.24, 2.45) is 0 Å². The maximum Gasteiger partial charge on any atom is 0.149 e. The standard InChI is InChI=1S/C9H11N5S/c1-6-7(15-5-12-6)4-11-9-3-2-8(10)13-14-9/h2-3,5H,4H2,1H3,(H2,10,13)(H,11,14). The molecule has 0 unspecified atom stereocenters. The number of hydrogen-bond acceptors (Lipinski definition) is 6. The summed E-state index contributed by atoms with van der Waals surface area (Å²) in [5.41, 5.74) is 8.32. The molecule has 2 rings (SSSR count). The first-order valence-electron chi connectivity index (χ1n) is 4.48. The van der Waals surface area contributed by atoms with Crippen molar-refractivity contribution >= 4 is 23.0 Å². The van der Waals surface area contributed by atoms with Crippen LogP contribution < -0.4 is 11.1 Å². The molecule has 0 atom stereocenters.